The molecule has 2 amide bonds. The minimum atomic E-state index is -0.304. The topological polar surface area (TPSA) is 59.1 Å². The number of carbonyl (C=O) groups excluding carboxylic acids is 2. The SMILES string of the molecule is CCN(C1=C(c2ccc(C)c(C)c2)C(=O)N(Cc2ccc3c(c2)OCO3)C1=O)c1ccccc1. The van der Waals surface area contributed by atoms with Crippen LogP contribution in [0.25, 0.3) is 5.57 Å². The standard InChI is InChI=1S/C28H26N2O4/c1-4-29(22-8-6-5-7-9-22)26-25(21-12-10-18(2)19(3)14-21)27(31)30(28(26)32)16-20-11-13-23-24(15-20)34-17-33-23/h5-15H,4,16-17H2,1-3H3. The van der Waals surface area contributed by atoms with Gasteiger partial charge in [0.25, 0.3) is 11.8 Å². The van der Waals surface area contributed by atoms with E-state index in [9.17, 15) is 9.59 Å². The van der Waals surface area contributed by atoms with Crippen LogP contribution in [0.15, 0.2) is 72.4 Å². The Morgan fingerprint density at radius 3 is 2.35 bits per heavy atom. The number of carbonyl (C=O) groups is 2. The molecule has 0 bridgehead atoms. The van der Waals surface area contributed by atoms with Gasteiger partial charge >= 0.3 is 0 Å². The fourth-order valence-electron chi connectivity index (χ4n) is 4.41. The van der Waals surface area contributed by atoms with Crippen LogP contribution in [0, 0.1) is 13.8 Å². The average molecular weight is 455 g/mol. The van der Waals surface area contributed by atoms with Crippen molar-refractivity contribution < 1.29 is 19.1 Å². The molecule has 0 aliphatic carbocycles. The highest BCUT2D eigenvalue weighted by Gasteiger charge is 2.41. The molecule has 0 saturated carbocycles. The second kappa shape index (κ2) is 8.71. The van der Waals surface area contributed by atoms with Crippen LogP contribution in [-0.2, 0) is 16.1 Å². The van der Waals surface area contributed by atoms with Crippen molar-refractivity contribution in [3.8, 4) is 11.5 Å². The summed E-state index contributed by atoms with van der Waals surface area (Å²) in [4.78, 5) is 30.8. The molecule has 6 nitrogen and oxygen atoms in total. The Kier molecular flexibility index (Phi) is 5.57. The van der Waals surface area contributed by atoms with Gasteiger partial charge in [0.15, 0.2) is 11.5 Å². The summed E-state index contributed by atoms with van der Waals surface area (Å²) in [7, 11) is 0. The van der Waals surface area contributed by atoms with Gasteiger partial charge in [-0.05, 0) is 67.3 Å². The van der Waals surface area contributed by atoms with Gasteiger partial charge in [0.1, 0.15) is 5.70 Å². The number of imide groups is 1. The van der Waals surface area contributed by atoms with Crippen LogP contribution in [-0.4, -0.2) is 30.1 Å². The van der Waals surface area contributed by atoms with Crippen LogP contribution in [0.3, 0.4) is 0 Å². The maximum absolute atomic E-state index is 13.8. The van der Waals surface area contributed by atoms with E-state index in [2.05, 4.69) is 0 Å². The Morgan fingerprint density at radius 2 is 1.62 bits per heavy atom. The van der Waals surface area contributed by atoms with E-state index in [4.69, 9.17) is 9.47 Å². The molecule has 6 heteroatoms. The molecule has 0 saturated heterocycles. The lowest BCUT2D eigenvalue weighted by Crippen LogP contribution is -2.34. The van der Waals surface area contributed by atoms with Gasteiger partial charge in [0, 0.05) is 12.2 Å². The van der Waals surface area contributed by atoms with Gasteiger partial charge < -0.3 is 14.4 Å². The summed E-state index contributed by atoms with van der Waals surface area (Å²) in [6, 6.07) is 21.1. The van der Waals surface area contributed by atoms with Crippen LogP contribution in [0.4, 0.5) is 5.69 Å². The molecular weight excluding hydrogens is 428 g/mol. The molecular formula is C28H26N2O4. The number of benzene rings is 3. The Labute approximate surface area is 199 Å². The maximum Gasteiger partial charge on any atom is 0.278 e. The molecule has 2 heterocycles. The third kappa shape index (κ3) is 3.71. The van der Waals surface area contributed by atoms with E-state index in [1.165, 1.54) is 4.90 Å². The first-order valence-corrected chi connectivity index (χ1v) is 11.4. The van der Waals surface area contributed by atoms with E-state index in [-0.39, 0.29) is 25.2 Å². The molecule has 172 valence electrons. The Balaban J connectivity index is 1.59. The summed E-state index contributed by atoms with van der Waals surface area (Å²) in [6.45, 7) is 6.90. The quantitative estimate of drug-likeness (QED) is 0.499. The summed E-state index contributed by atoms with van der Waals surface area (Å²) in [5.74, 6) is 0.689. The van der Waals surface area contributed by atoms with Gasteiger partial charge in [-0.3, -0.25) is 14.5 Å². The highest BCUT2D eigenvalue weighted by molar-refractivity contribution is 6.36. The Bertz CT molecular complexity index is 1310. The summed E-state index contributed by atoms with van der Waals surface area (Å²) in [5, 5.41) is 0. The molecule has 34 heavy (non-hydrogen) atoms. The molecule has 0 atom stereocenters. The third-order valence-electron chi connectivity index (χ3n) is 6.37. The van der Waals surface area contributed by atoms with Crippen LogP contribution in [0.2, 0.25) is 0 Å². The number of para-hydroxylation sites is 1. The van der Waals surface area contributed by atoms with E-state index in [0.717, 1.165) is 27.9 Å². The number of hydrogen-bond donors (Lipinski definition) is 0. The number of hydrogen-bond acceptors (Lipinski definition) is 5. The summed E-state index contributed by atoms with van der Waals surface area (Å²) in [5.41, 5.74) is 5.46. The van der Waals surface area contributed by atoms with Gasteiger partial charge in [-0.1, -0.05) is 42.5 Å². The van der Waals surface area contributed by atoms with E-state index in [1.54, 1.807) is 0 Å². The predicted octanol–water partition coefficient (Wildman–Crippen LogP) is 4.84. The van der Waals surface area contributed by atoms with E-state index in [1.807, 2.05) is 92.4 Å². The monoisotopic (exact) mass is 454 g/mol. The molecule has 0 aromatic heterocycles. The van der Waals surface area contributed by atoms with Crippen molar-refractivity contribution in [3.63, 3.8) is 0 Å². The Hall–Kier alpha value is -4.06. The van der Waals surface area contributed by atoms with Gasteiger partial charge in [0.2, 0.25) is 6.79 Å². The number of rotatable bonds is 6. The zero-order chi connectivity index (χ0) is 23.8. The summed E-state index contributed by atoms with van der Waals surface area (Å²) >= 11 is 0. The normalized spacial score (nSPS) is 14.9. The molecule has 0 fully saturated rings. The minimum absolute atomic E-state index is 0.151. The van der Waals surface area contributed by atoms with Gasteiger partial charge in [-0.25, -0.2) is 0 Å². The van der Waals surface area contributed by atoms with Crippen LogP contribution in [0.1, 0.15) is 29.2 Å². The lowest BCUT2D eigenvalue weighted by Gasteiger charge is -2.25. The van der Waals surface area contributed by atoms with Crippen LogP contribution in [0.5, 0.6) is 11.5 Å². The molecule has 0 unspecified atom stereocenters. The minimum Gasteiger partial charge on any atom is -0.454 e. The average Bonchev–Trinajstić information content (AvgIpc) is 3.40. The number of nitrogens with zero attached hydrogens (tertiary/aromatic N) is 2. The number of anilines is 1. The summed E-state index contributed by atoms with van der Waals surface area (Å²) < 4.78 is 10.9. The lowest BCUT2D eigenvalue weighted by atomic mass is 9.99. The predicted molar refractivity (Wildman–Crippen MR) is 130 cm³/mol. The third-order valence-corrected chi connectivity index (χ3v) is 6.37. The fourth-order valence-corrected chi connectivity index (χ4v) is 4.41. The van der Waals surface area contributed by atoms with Crippen molar-refractivity contribution >= 4 is 23.1 Å². The van der Waals surface area contributed by atoms with Crippen molar-refractivity contribution in [1.29, 1.82) is 0 Å². The number of ether oxygens (including phenoxy) is 2. The summed E-state index contributed by atoms with van der Waals surface area (Å²) in [6.07, 6.45) is 0. The Morgan fingerprint density at radius 1 is 0.853 bits per heavy atom. The molecule has 0 radical (unpaired) electrons. The second-order valence-corrected chi connectivity index (χ2v) is 8.49. The molecule has 0 spiro atoms. The van der Waals surface area contributed by atoms with Crippen molar-refractivity contribution in [1.82, 2.24) is 4.90 Å². The second-order valence-electron chi connectivity index (χ2n) is 8.49. The number of amides is 2. The van der Waals surface area contributed by atoms with Crippen molar-refractivity contribution in [3.05, 3.63) is 94.7 Å². The van der Waals surface area contributed by atoms with E-state index >= 15 is 0 Å². The van der Waals surface area contributed by atoms with Crippen LogP contribution < -0.4 is 14.4 Å². The van der Waals surface area contributed by atoms with Crippen molar-refractivity contribution in [2.75, 3.05) is 18.2 Å². The largest absolute Gasteiger partial charge is 0.454 e. The zero-order valence-corrected chi connectivity index (χ0v) is 19.5. The van der Waals surface area contributed by atoms with E-state index < -0.39 is 0 Å². The van der Waals surface area contributed by atoms with Gasteiger partial charge in [0.05, 0.1) is 12.1 Å². The van der Waals surface area contributed by atoms with E-state index in [0.29, 0.717) is 29.3 Å². The first-order valence-electron chi connectivity index (χ1n) is 11.4. The molecule has 5 rings (SSSR count). The highest BCUT2D eigenvalue weighted by Crippen LogP contribution is 2.37. The van der Waals surface area contributed by atoms with Crippen LogP contribution >= 0.6 is 0 Å². The first kappa shape index (κ1) is 21.8. The van der Waals surface area contributed by atoms with Gasteiger partial charge in [-0.15, -0.1) is 0 Å². The first-order chi connectivity index (χ1) is 16.5. The van der Waals surface area contributed by atoms with Gasteiger partial charge in [-0.2, -0.15) is 0 Å². The van der Waals surface area contributed by atoms with Crippen molar-refractivity contribution in [2.45, 2.75) is 27.3 Å². The number of aryl methyl sites for hydroxylation is 2. The molecule has 2 aliphatic rings. The van der Waals surface area contributed by atoms with Crippen molar-refractivity contribution in [2.24, 2.45) is 0 Å². The maximum atomic E-state index is 13.8. The molecule has 0 N–H and O–H groups in total. The fraction of sp³-hybridized carbons (Fsp3) is 0.214. The molecule has 3 aromatic carbocycles. The lowest BCUT2D eigenvalue weighted by molar-refractivity contribution is -0.137. The smallest absolute Gasteiger partial charge is 0.278 e. The number of likely N-dealkylation sites (N-methyl/N-ethyl adjacent to an activating group) is 1. The highest BCUT2D eigenvalue weighted by atomic mass is 16.7. The molecule has 2 aliphatic heterocycles. The zero-order valence-electron chi connectivity index (χ0n) is 19.5. The molecule has 3 aromatic rings. The number of fused-ring (bicyclic) bond motifs is 1.